The summed E-state index contributed by atoms with van der Waals surface area (Å²) in [5.41, 5.74) is 5.55. The summed E-state index contributed by atoms with van der Waals surface area (Å²) in [7, 11) is 0. The molecular weight excluding hydrogens is 396 g/mol. The number of carboxylic acid groups (broad SMARTS) is 1. The first-order chi connectivity index (χ1) is 12.8. The zero-order chi connectivity index (χ0) is 21.5. The maximum absolute atomic E-state index is 12.4. The molecule has 160 valence electrons. The minimum atomic E-state index is -5.06. The molecule has 1 aromatic rings. The minimum Gasteiger partial charge on any atom is -0.481 e. The van der Waals surface area contributed by atoms with Crippen LogP contribution in [0.25, 0.3) is 0 Å². The second kappa shape index (κ2) is 9.85. The van der Waals surface area contributed by atoms with Gasteiger partial charge in [-0.2, -0.15) is 0 Å². The fourth-order valence-corrected chi connectivity index (χ4v) is 2.72. The van der Waals surface area contributed by atoms with Gasteiger partial charge in [-0.1, -0.05) is 13.3 Å². The first kappa shape index (κ1) is 23.9. The molecule has 0 amide bonds. The molecular formula is C17H21F6NO4. The maximum atomic E-state index is 12.4. The lowest BCUT2D eigenvalue weighted by Gasteiger charge is -2.17. The van der Waals surface area contributed by atoms with Crippen LogP contribution in [0.3, 0.4) is 0 Å². The zero-order valence-electron chi connectivity index (χ0n) is 14.9. The molecule has 0 saturated heterocycles. The summed E-state index contributed by atoms with van der Waals surface area (Å²) in [4.78, 5) is 11.0. The number of benzene rings is 1. The smallest absolute Gasteiger partial charge is 0.481 e. The van der Waals surface area contributed by atoms with Crippen molar-refractivity contribution in [2.75, 3.05) is 6.54 Å². The van der Waals surface area contributed by atoms with E-state index in [0.717, 1.165) is 12.1 Å². The molecule has 0 bridgehead atoms. The van der Waals surface area contributed by atoms with Crippen molar-refractivity contribution >= 4 is 5.97 Å². The number of hydrogen-bond donors (Lipinski definition) is 2. The number of ether oxygens (including phenoxy) is 2. The number of halogens is 6. The second-order valence-electron chi connectivity index (χ2n) is 6.41. The van der Waals surface area contributed by atoms with E-state index in [4.69, 9.17) is 10.8 Å². The highest BCUT2D eigenvalue weighted by Crippen LogP contribution is 2.32. The van der Waals surface area contributed by atoms with Crippen LogP contribution in [0.5, 0.6) is 11.5 Å². The van der Waals surface area contributed by atoms with Crippen LogP contribution < -0.4 is 15.2 Å². The van der Waals surface area contributed by atoms with Crippen LogP contribution in [-0.4, -0.2) is 30.3 Å². The van der Waals surface area contributed by atoms with Gasteiger partial charge in [-0.3, -0.25) is 4.79 Å². The third-order valence-corrected chi connectivity index (χ3v) is 3.89. The average molecular weight is 417 g/mol. The van der Waals surface area contributed by atoms with Gasteiger partial charge in [-0.25, -0.2) is 0 Å². The highest BCUT2D eigenvalue weighted by atomic mass is 19.4. The molecule has 0 aliphatic carbocycles. The molecule has 1 aromatic carbocycles. The van der Waals surface area contributed by atoms with E-state index >= 15 is 0 Å². The predicted octanol–water partition coefficient (Wildman–Crippen LogP) is 4.49. The largest absolute Gasteiger partial charge is 0.573 e. The Hall–Kier alpha value is -2.17. The zero-order valence-corrected chi connectivity index (χ0v) is 14.9. The third kappa shape index (κ3) is 9.67. The van der Waals surface area contributed by atoms with Gasteiger partial charge in [-0.05, 0) is 42.9 Å². The predicted molar refractivity (Wildman–Crippen MR) is 86.7 cm³/mol. The highest BCUT2D eigenvalue weighted by molar-refractivity contribution is 5.70. The topological polar surface area (TPSA) is 81.8 Å². The number of aryl methyl sites for hydroxylation is 1. The van der Waals surface area contributed by atoms with Gasteiger partial charge in [0.15, 0.2) is 0 Å². The SMILES string of the molecule is CC(CCCc1cc(OC(F)(F)F)cc(OC(F)(F)F)c1)CC(CN)C(=O)O. The summed E-state index contributed by atoms with van der Waals surface area (Å²) in [6.07, 6.45) is -8.70. The Bertz CT molecular complexity index is 613. The lowest BCUT2D eigenvalue weighted by molar-refractivity contribution is -0.276. The van der Waals surface area contributed by atoms with Crippen molar-refractivity contribution < 1.29 is 45.7 Å². The first-order valence-electron chi connectivity index (χ1n) is 8.37. The van der Waals surface area contributed by atoms with E-state index in [2.05, 4.69) is 9.47 Å². The molecule has 0 heterocycles. The van der Waals surface area contributed by atoms with Crippen molar-refractivity contribution in [3.8, 4) is 11.5 Å². The molecule has 0 radical (unpaired) electrons. The van der Waals surface area contributed by atoms with E-state index in [9.17, 15) is 31.1 Å². The second-order valence-corrected chi connectivity index (χ2v) is 6.41. The van der Waals surface area contributed by atoms with E-state index in [1.54, 1.807) is 6.92 Å². The van der Waals surface area contributed by atoms with Crippen molar-refractivity contribution in [2.24, 2.45) is 17.6 Å². The number of nitrogens with two attached hydrogens (primary N) is 1. The molecule has 0 fully saturated rings. The first-order valence-corrected chi connectivity index (χ1v) is 8.37. The van der Waals surface area contributed by atoms with Gasteiger partial charge in [0, 0.05) is 12.6 Å². The van der Waals surface area contributed by atoms with Crippen LogP contribution in [-0.2, 0) is 11.2 Å². The van der Waals surface area contributed by atoms with Gasteiger partial charge < -0.3 is 20.3 Å². The Morgan fingerprint density at radius 2 is 1.57 bits per heavy atom. The molecule has 28 heavy (non-hydrogen) atoms. The van der Waals surface area contributed by atoms with E-state index in [0.29, 0.717) is 25.3 Å². The number of carboxylic acids is 1. The molecule has 0 aromatic heterocycles. The van der Waals surface area contributed by atoms with Gasteiger partial charge in [0.05, 0.1) is 5.92 Å². The Morgan fingerprint density at radius 3 is 1.96 bits per heavy atom. The Morgan fingerprint density at radius 1 is 1.07 bits per heavy atom. The van der Waals surface area contributed by atoms with Gasteiger partial charge in [0.1, 0.15) is 11.5 Å². The molecule has 0 aliphatic rings. The van der Waals surface area contributed by atoms with E-state index in [-0.39, 0.29) is 24.4 Å². The number of hydrogen-bond acceptors (Lipinski definition) is 4. The minimum absolute atomic E-state index is 0.0192. The third-order valence-electron chi connectivity index (χ3n) is 3.89. The molecule has 2 atom stereocenters. The van der Waals surface area contributed by atoms with Gasteiger partial charge in [0.2, 0.25) is 0 Å². The lowest BCUT2D eigenvalue weighted by atomic mass is 9.91. The number of aliphatic carboxylic acids is 1. The van der Waals surface area contributed by atoms with Crippen LogP contribution in [0, 0.1) is 11.8 Å². The summed E-state index contributed by atoms with van der Waals surface area (Å²) in [5.74, 6) is -3.38. The van der Waals surface area contributed by atoms with Crippen LogP contribution in [0.2, 0.25) is 0 Å². The van der Waals surface area contributed by atoms with Crippen LogP contribution in [0.4, 0.5) is 26.3 Å². The lowest BCUT2D eigenvalue weighted by Crippen LogP contribution is -2.25. The Balaban J connectivity index is 2.78. The van der Waals surface area contributed by atoms with Crippen LogP contribution in [0.1, 0.15) is 31.7 Å². The normalized spacial score (nSPS) is 14.4. The van der Waals surface area contributed by atoms with Gasteiger partial charge in [0.25, 0.3) is 0 Å². The summed E-state index contributed by atoms with van der Waals surface area (Å²) in [6, 6.07) is 2.48. The van der Waals surface area contributed by atoms with Gasteiger partial charge in [-0.15, -0.1) is 26.3 Å². The summed E-state index contributed by atoms with van der Waals surface area (Å²) in [5, 5.41) is 8.98. The quantitative estimate of drug-likeness (QED) is 0.548. The fourth-order valence-electron chi connectivity index (χ4n) is 2.72. The van der Waals surface area contributed by atoms with E-state index in [1.165, 1.54) is 0 Å². The molecule has 0 spiro atoms. The number of rotatable bonds is 10. The summed E-state index contributed by atoms with van der Waals surface area (Å²) < 4.78 is 81.6. The molecule has 11 heteroatoms. The van der Waals surface area contributed by atoms with E-state index < -0.39 is 36.1 Å². The molecule has 5 nitrogen and oxygen atoms in total. The van der Waals surface area contributed by atoms with Crippen molar-refractivity contribution in [1.82, 2.24) is 0 Å². The average Bonchev–Trinajstić information content (AvgIpc) is 2.48. The van der Waals surface area contributed by atoms with Crippen molar-refractivity contribution in [1.29, 1.82) is 0 Å². The van der Waals surface area contributed by atoms with E-state index in [1.807, 2.05) is 0 Å². The molecule has 2 unspecified atom stereocenters. The van der Waals surface area contributed by atoms with Crippen molar-refractivity contribution in [3.63, 3.8) is 0 Å². The highest BCUT2D eigenvalue weighted by Gasteiger charge is 2.34. The number of carbonyl (C=O) groups is 1. The molecule has 0 aliphatic heterocycles. The van der Waals surface area contributed by atoms with Crippen molar-refractivity contribution in [3.05, 3.63) is 23.8 Å². The monoisotopic (exact) mass is 417 g/mol. The summed E-state index contributed by atoms with van der Waals surface area (Å²) >= 11 is 0. The van der Waals surface area contributed by atoms with Crippen LogP contribution in [0.15, 0.2) is 18.2 Å². The molecule has 3 N–H and O–H groups in total. The standard InChI is InChI=1S/C17H21F6NO4/c1-10(5-12(9-24)15(25)26)3-2-4-11-6-13(27-16(18,19)20)8-14(7-11)28-17(21,22)23/h6-8,10,12H,2-5,9,24H2,1H3,(H,25,26). The number of alkyl halides is 6. The molecule has 0 saturated carbocycles. The maximum Gasteiger partial charge on any atom is 0.573 e. The van der Waals surface area contributed by atoms with Gasteiger partial charge >= 0.3 is 18.7 Å². The molecule has 1 rings (SSSR count). The van der Waals surface area contributed by atoms with Crippen molar-refractivity contribution in [2.45, 2.75) is 45.3 Å². The Labute approximate surface area is 157 Å². The fraction of sp³-hybridized carbons (Fsp3) is 0.588. The summed E-state index contributed by atoms with van der Waals surface area (Å²) in [6.45, 7) is 1.78. The Kier molecular flexibility index (Phi) is 8.40. The van der Waals surface area contributed by atoms with Crippen LogP contribution >= 0.6 is 0 Å².